The van der Waals surface area contributed by atoms with E-state index in [0.717, 1.165) is 35.8 Å². The van der Waals surface area contributed by atoms with E-state index in [0.29, 0.717) is 18.1 Å². The molecule has 0 saturated carbocycles. The van der Waals surface area contributed by atoms with Crippen LogP contribution in [0.5, 0.6) is 0 Å². The van der Waals surface area contributed by atoms with Crippen LogP contribution in [0.2, 0.25) is 0 Å². The predicted octanol–water partition coefficient (Wildman–Crippen LogP) is 2.25. The quantitative estimate of drug-likeness (QED) is 0.648. The molecular formula is C19H20N4O5S. The Morgan fingerprint density at radius 2 is 2.10 bits per heavy atom. The number of fused-ring (bicyclic) bond motifs is 1. The number of rotatable bonds is 6. The van der Waals surface area contributed by atoms with E-state index in [-0.39, 0.29) is 23.4 Å². The van der Waals surface area contributed by atoms with Crippen molar-refractivity contribution in [1.29, 1.82) is 0 Å². The number of sulfone groups is 1. The molecule has 4 rings (SSSR count). The Balaban J connectivity index is 1.47. The number of amides is 1. The van der Waals surface area contributed by atoms with Crippen LogP contribution < -0.4 is 5.32 Å². The summed E-state index contributed by atoms with van der Waals surface area (Å²) in [4.78, 5) is 20.8. The van der Waals surface area contributed by atoms with Gasteiger partial charge >= 0.3 is 0 Å². The van der Waals surface area contributed by atoms with Crippen LogP contribution in [0.15, 0.2) is 33.4 Å². The van der Waals surface area contributed by atoms with E-state index in [1.807, 2.05) is 25.1 Å². The van der Waals surface area contributed by atoms with Gasteiger partial charge in [0.15, 0.2) is 15.5 Å². The number of nitrogens with one attached hydrogen (secondary N) is 1. The largest absolute Gasteiger partial charge is 0.447 e. The number of carbonyl (C=O) groups excluding carboxylic acids is 1. The van der Waals surface area contributed by atoms with Crippen molar-refractivity contribution in [3.8, 4) is 11.4 Å². The summed E-state index contributed by atoms with van der Waals surface area (Å²) in [6.07, 6.45) is 4.50. The molecule has 1 aromatic carbocycles. The standard InChI is InChI=1S/C19H20N4O5S/c1-3-16-22-18(23-28-16)12-4-6-13-11(8-12)5-7-14(13)21-19(24)15-9-27-17(20-15)10-29(2,25)26/h4,6,8-9,14H,3,5,7,10H2,1-2H3,(H,21,24)/t14-/m1/s1. The van der Waals surface area contributed by atoms with Gasteiger partial charge < -0.3 is 14.3 Å². The maximum Gasteiger partial charge on any atom is 0.273 e. The van der Waals surface area contributed by atoms with Gasteiger partial charge in [-0.25, -0.2) is 13.4 Å². The molecule has 0 saturated heterocycles. The summed E-state index contributed by atoms with van der Waals surface area (Å²) >= 11 is 0. The first-order chi connectivity index (χ1) is 13.8. The molecule has 10 heteroatoms. The molecule has 1 aliphatic carbocycles. The molecule has 0 spiro atoms. The first-order valence-corrected chi connectivity index (χ1v) is 11.3. The van der Waals surface area contributed by atoms with Gasteiger partial charge in [-0.3, -0.25) is 4.79 Å². The molecule has 1 atom stereocenters. The lowest BCUT2D eigenvalue weighted by Crippen LogP contribution is -2.27. The van der Waals surface area contributed by atoms with Crippen LogP contribution in [-0.4, -0.2) is 35.7 Å². The Hall–Kier alpha value is -3.01. The minimum Gasteiger partial charge on any atom is -0.447 e. The summed E-state index contributed by atoms with van der Waals surface area (Å²) in [5.41, 5.74) is 3.09. The van der Waals surface area contributed by atoms with Gasteiger partial charge in [0, 0.05) is 18.2 Å². The van der Waals surface area contributed by atoms with E-state index in [1.54, 1.807) is 0 Å². The second kappa shape index (κ2) is 7.43. The number of hydrogen-bond donors (Lipinski definition) is 1. The third-order valence-electron chi connectivity index (χ3n) is 4.72. The minimum atomic E-state index is -3.28. The Kier molecular flexibility index (Phi) is 4.95. The monoisotopic (exact) mass is 416 g/mol. The van der Waals surface area contributed by atoms with Crippen molar-refractivity contribution in [2.75, 3.05) is 6.26 Å². The molecule has 1 aliphatic rings. The topological polar surface area (TPSA) is 128 Å². The van der Waals surface area contributed by atoms with Crippen LogP contribution in [0.1, 0.15) is 52.8 Å². The van der Waals surface area contributed by atoms with Crippen molar-refractivity contribution in [3.63, 3.8) is 0 Å². The molecule has 29 heavy (non-hydrogen) atoms. The lowest BCUT2D eigenvalue weighted by Gasteiger charge is -2.13. The van der Waals surface area contributed by atoms with Gasteiger partial charge in [0.2, 0.25) is 17.6 Å². The highest BCUT2D eigenvalue weighted by atomic mass is 32.2. The normalized spacial score (nSPS) is 16.0. The van der Waals surface area contributed by atoms with Gasteiger partial charge in [-0.15, -0.1) is 0 Å². The van der Waals surface area contributed by atoms with Crippen LogP contribution in [-0.2, 0) is 28.4 Å². The van der Waals surface area contributed by atoms with Crippen LogP contribution in [0.4, 0.5) is 0 Å². The third-order valence-corrected chi connectivity index (χ3v) is 5.50. The number of nitrogens with zero attached hydrogens (tertiary/aromatic N) is 3. The highest BCUT2D eigenvalue weighted by Gasteiger charge is 2.26. The Labute approximate surface area is 167 Å². The molecule has 1 amide bonds. The summed E-state index contributed by atoms with van der Waals surface area (Å²) in [6.45, 7) is 1.95. The predicted molar refractivity (Wildman–Crippen MR) is 103 cm³/mol. The highest BCUT2D eigenvalue weighted by molar-refractivity contribution is 7.89. The summed E-state index contributed by atoms with van der Waals surface area (Å²) < 4.78 is 32.9. The van der Waals surface area contributed by atoms with Crippen LogP contribution in [0, 0.1) is 0 Å². The molecular weight excluding hydrogens is 396 g/mol. The fraction of sp³-hybridized carbons (Fsp3) is 0.368. The number of aromatic nitrogens is 3. The van der Waals surface area contributed by atoms with Crippen molar-refractivity contribution >= 4 is 15.7 Å². The molecule has 1 N–H and O–H groups in total. The van der Waals surface area contributed by atoms with Crippen molar-refractivity contribution in [1.82, 2.24) is 20.4 Å². The Bertz CT molecular complexity index is 1160. The van der Waals surface area contributed by atoms with Crippen molar-refractivity contribution in [2.45, 2.75) is 38.0 Å². The molecule has 2 aromatic heterocycles. The molecule has 0 aliphatic heterocycles. The number of carbonyl (C=O) groups is 1. The third kappa shape index (κ3) is 4.21. The lowest BCUT2D eigenvalue weighted by molar-refractivity contribution is 0.0931. The zero-order valence-electron chi connectivity index (χ0n) is 16.0. The smallest absolute Gasteiger partial charge is 0.273 e. The lowest BCUT2D eigenvalue weighted by atomic mass is 10.0. The van der Waals surface area contributed by atoms with Gasteiger partial charge in [0.05, 0.1) is 6.04 Å². The molecule has 3 aromatic rings. The second-order valence-electron chi connectivity index (χ2n) is 7.04. The van der Waals surface area contributed by atoms with E-state index >= 15 is 0 Å². The fourth-order valence-corrected chi connectivity index (χ4v) is 3.94. The zero-order valence-corrected chi connectivity index (χ0v) is 16.8. The first kappa shape index (κ1) is 19.3. The SMILES string of the molecule is CCc1nc(-c2ccc3c(c2)CC[C@H]3NC(=O)c2coc(CS(C)(=O)=O)n2)no1. The van der Waals surface area contributed by atoms with Crippen LogP contribution >= 0.6 is 0 Å². The van der Waals surface area contributed by atoms with E-state index in [4.69, 9.17) is 8.94 Å². The average Bonchev–Trinajstić information content (AvgIpc) is 3.39. The average molecular weight is 416 g/mol. The van der Waals surface area contributed by atoms with Crippen molar-refractivity contribution < 1.29 is 22.2 Å². The molecule has 152 valence electrons. The summed E-state index contributed by atoms with van der Waals surface area (Å²) in [6, 6.07) is 5.74. The van der Waals surface area contributed by atoms with E-state index in [2.05, 4.69) is 20.4 Å². The molecule has 0 bridgehead atoms. The summed E-state index contributed by atoms with van der Waals surface area (Å²) in [7, 11) is -3.28. The molecule has 2 heterocycles. The minimum absolute atomic E-state index is 0.000625. The van der Waals surface area contributed by atoms with E-state index in [9.17, 15) is 13.2 Å². The first-order valence-electron chi connectivity index (χ1n) is 9.21. The van der Waals surface area contributed by atoms with Gasteiger partial charge in [-0.05, 0) is 30.0 Å². The maximum absolute atomic E-state index is 12.5. The van der Waals surface area contributed by atoms with Gasteiger partial charge in [0.1, 0.15) is 12.0 Å². The molecule has 9 nitrogen and oxygen atoms in total. The summed E-state index contributed by atoms with van der Waals surface area (Å²) in [5.74, 6) is 0.402. The van der Waals surface area contributed by atoms with Crippen LogP contribution in [0.3, 0.4) is 0 Å². The Morgan fingerprint density at radius 3 is 2.83 bits per heavy atom. The molecule has 0 unspecified atom stereocenters. The van der Waals surface area contributed by atoms with Gasteiger partial charge in [-0.1, -0.05) is 24.2 Å². The van der Waals surface area contributed by atoms with Gasteiger partial charge in [0.25, 0.3) is 5.91 Å². The van der Waals surface area contributed by atoms with E-state index in [1.165, 1.54) is 6.26 Å². The van der Waals surface area contributed by atoms with E-state index < -0.39 is 15.7 Å². The maximum atomic E-state index is 12.5. The van der Waals surface area contributed by atoms with Crippen molar-refractivity contribution in [3.05, 3.63) is 53.1 Å². The highest BCUT2D eigenvalue weighted by Crippen LogP contribution is 2.34. The fourth-order valence-electron chi connectivity index (χ4n) is 3.36. The van der Waals surface area contributed by atoms with Crippen LogP contribution in [0.25, 0.3) is 11.4 Å². The molecule has 0 radical (unpaired) electrons. The number of aryl methyl sites for hydroxylation is 2. The number of oxazole rings is 1. The van der Waals surface area contributed by atoms with Gasteiger partial charge in [-0.2, -0.15) is 4.98 Å². The number of benzene rings is 1. The number of hydrogen-bond acceptors (Lipinski definition) is 8. The zero-order chi connectivity index (χ0) is 20.6. The van der Waals surface area contributed by atoms with Crippen molar-refractivity contribution in [2.24, 2.45) is 0 Å². The second-order valence-corrected chi connectivity index (χ2v) is 9.18. The summed E-state index contributed by atoms with van der Waals surface area (Å²) in [5, 5.41) is 6.94. The Morgan fingerprint density at radius 1 is 1.28 bits per heavy atom. The molecule has 0 fully saturated rings.